The molecule has 0 bridgehead atoms. The standard InChI is InChI=1S/C5H11NO2.Mn/c1-3(2)4(6)5(7)8;/h3-4H,6H2,1-2H3,(H,7,8);/t4-;/m0./s1. The number of carbonyl (C=O) groups is 1. The van der Waals surface area contributed by atoms with E-state index in [9.17, 15) is 4.79 Å². The van der Waals surface area contributed by atoms with Gasteiger partial charge in [0.2, 0.25) is 0 Å². The van der Waals surface area contributed by atoms with E-state index in [-0.39, 0.29) is 23.0 Å². The van der Waals surface area contributed by atoms with Crippen molar-refractivity contribution in [2.24, 2.45) is 11.7 Å². The quantitative estimate of drug-likeness (QED) is 0.578. The van der Waals surface area contributed by atoms with Gasteiger partial charge in [-0.3, -0.25) is 4.79 Å². The molecule has 0 aliphatic heterocycles. The van der Waals surface area contributed by atoms with E-state index >= 15 is 0 Å². The van der Waals surface area contributed by atoms with Crippen LogP contribution in [0.3, 0.4) is 0 Å². The second kappa shape index (κ2) is 4.79. The summed E-state index contributed by atoms with van der Waals surface area (Å²) in [5.74, 6) is -0.910. The van der Waals surface area contributed by atoms with Gasteiger partial charge in [0.25, 0.3) is 0 Å². The van der Waals surface area contributed by atoms with Gasteiger partial charge < -0.3 is 10.8 Å². The fraction of sp³-hybridized carbons (Fsp3) is 0.800. The van der Waals surface area contributed by atoms with Crippen LogP contribution < -0.4 is 5.73 Å². The van der Waals surface area contributed by atoms with Gasteiger partial charge in [0.15, 0.2) is 0 Å². The third kappa shape index (κ3) is 4.45. The smallest absolute Gasteiger partial charge is 0.320 e. The van der Waals surface area contributed by atoms with Gasteiger partial charge in [-0.05, 0) is 5.92 Å². The Bertz CT molecular complexity index is 95.0. The Morgan fingerprint density at radius 2 is 1.89 bits per heavy atom. The summed E-state index contributed by atoms with van der Waals surface area (Å²) in [5.41, 5.74) is 5.16. The third-order valence-electron chi connectivity index (χ3n) is 1.00. The summed E-state index contributed by atoms with van der Waals surface area (Å²) in [4.78, 5) is 10.0. The van der Waals surface area contributed by atoms with E-state index in [1.54, 1.807) is 13.8 Å². The Kier molecular flexibility index (Phi) is 6.24. The largest absolute Gasteiger partial charge is 0.480 e. The van der Waals surface area contributed by atoms with Crippen molar-refractivity contribution in [1.82, 2.24) is 0 Å². The molecule has 55 valence electrons. The van der Waals surface area contributed by atoms with Gasteiger partial charge in [-0.25, -0.2) is 0 Å². The monoisotopic (exact) mass is 172 g/mol. The van der Waals surface area contributed by atoms with Crippen molar-refractivity contribution in [3.05, 3.63) is 0 Å². The second-order valence-corrected chi connectivity index (χ2v) is 2.11. The maximum absolute atomic E-state index is 10.0. The van der Waals surface area contributed by atoms with Gasteiger partial charge >= 0.3 is 5.97 Å². The molecule has 1 radical (unpaired) electrons. The minimum Gasteiger partial charge on any atom is -0.480 e. The van der Waals surface area contributed by atoms with Gasteiger partial charge in [0, 0.05) is 17.1 Å². The van der Waals surface area contributed by atoms with Crippen molar-refractivity contribution in [2.45, 2.75) is 19.9 Å². The molecule has 0 aromatic heterocycles. The summed E-state index contributed by atoms with van der Waals surface area (Å²) in [7, 11) is 0. The summed E-state index contributed by atoms with van der Waals surface area (Å²) in [6.45, 7) is 3.55. The van der Waals surface area contributed by atoms with Gasteiger partial charge in [0.05, 0.1) is 0 Å². The molecule has 4 heteroatoms. The summed E-state index contributed by atoms with van der Waals surface area (Å²) < 4.78 is 0. The molecule has 0 saturated carbocycles. The van der Waals surface area contributed by atoms with Crippen molar-refractivity contribution < 1.29 is 27.0 Å². The van der Waals surface area contributed by atoms with Gasteiger partial charge in [0.1, 0.15) is 6.04 Å². The fourth-order valence-electron chi connectivity index (χ4n) is 0.285. The Hall–Kier alpha value is -0.0505. The van der Waals surface area contributed by atoms with Crippen LogP contribution in [0.4, 0.5) is 0 Å². The van der Waals surface area contributed by atoms with Gasteiger partial charge in [-0.1, -0.05) is 13.8 Å². The van der Waals surface area contributed by atoms with Crippen LogP contribution in [0.5, 0.6) is 0 Å². The number of hydrogen-bond donors (Lipinski definition) is 2. The molecule has 9 heavy (non-hydrogen) atoms. The first-order valence-corrected chi connectivity index (χ1v) is 2.54. The topological polar surface area (TPSA) is 63.3 Å². The molecular formula is C5H11MnNO2. The van der Waals surface area contributed by atoms with Gasteiger partial charge in [-0.2, -0.15) is 0 Å². The number of rotatable bonds is 2. The molecule has 0 unspecified atom stereocenters. The molecule has 0 amide bonds. The van der Waals surface area contributed by atoms with Crippen LogP contribution >= 0.6 is 0 Å². The van der Waals surface area contributed by atoms with Crippen molar-refractivity contribution in [2.75, 3.05) is 0 Å². The molecule has 0 aliphatic rings. The molecule has 0 fully saturated rings. The molecule has 0 aromatic rings. The number of carboxylic acid groups (broad SMARTS) is 1. The molecule has 0 aliphatic carbocycles. The summed E-state index contributed by atoms with van der Waals surface area (Å²) in [5, 5.41) is 8.23. The number of aliphatic carboxylic acids is 1. The molecule has 0 saturated heterocycles. The molecule has 0 aromatic carbocycles. The van der Waals surface area contributed by atoms with Gasteiger partial charge in [-0.15, -0.1) is 0 Å². The molecule has 3 N–H and O–H groups in total. The average Bonchev–Trinajstić information content (AvgIpc) is 1.64. The van der Waals surface area contributed by atoms with E-state index < -0.39 is 12.0 Å². The van der Waals surface area contributed by atoms with E-state index in [0.717, 1.165) is 0 Å². The van der Waals surface area contributed by atoms with E-state index in [1.165, 1.54) is 0 Å². The zero-order valence-corrected chi connectivity index (χ0v) is 6.65. The van der Waals surface area contributed by atoms with Crippen LogP contribution in [0.2, 0.25) is 0 Å². The van der Waals surface area contributed by atoms with Crippen LogP contribution in [0.25, 0.3) is 0 Å². The Balaban J connectivity index is 0. The Morgan fingerprint density at radius 3 is 1.89 bits per heavy atom. The molecule has 0 rings (SSSR count). The van der Waals surface area contributed by atoms with E-state index in [0.29, 0.717) is 0 Å². The van der Waals surface area contributed by atoms with Crippen molar-refractivity contribution in [1.29, 1.82) is 0 Å². The van der Waals surface area contributed by atoms with Crippen LogP contribution in [-0.4, -0.2) is 17.1 Å². The third-order valence-corrected chi connectivity index (χ3v) is 1.00. The zero-order valence-electron chi connectivity index (χ0n) is 5.47. The van der Waals surface area contributed by atoms with Crippen LogP contribution in [-0.2, 0) is 21.9 Å². The average molecular weight is 172 g/mol. The summed E-state index contributed by atoms with van der Waals surface area (Å²) in [6, 6.07) is -0.713. The summed E-state index contributed by atoms with van der Waals surface area (Å²) >= 11 is 0. The van der Waals surface area contributed by atoms with Crippen molar-refractivity contribution in [3.8, 4) is 0 Å². The first-order valence-electron chi connectivity index (χ1n) is 2.54. The Labute approximate surface area is 65.1 Å². The maximum atomic E-state index is 10.0. The van der Waals surface area contributed by atoms with E-state index in [4.69, 9.17) is 10.8 Å². The van der Waals surface area contributed by atoms with E-state index in [1.807, 2.05) is 0 Å². The molecule has 0 spiro atoms. The number of nitrogens with two attached hydrogens (primary N) is 1. The first-order chi connectivity index (χ1) is 3.55. The van der Waals surface area contributed by atoms with Crippen LogP contribution in [0.1, 0.15) is 13.8 Å². The predicted molar refractivity (Wildman–Crippen MR) is 30.4 cm³/mol. The van der Waals surface area contributed by atoms with Crippen LogP contribution in [0, 0.1) is 5.92 Å². The van der Waals surface area contributed by atoms with Crippen molar-refractivity contribution in [3.63, 3.8) is 0 Å². The molecule has 0 heterocycles. The molecule has 3 nitrogen and oxygen atoms in total. The fourth-order valence-corrected chi connectivity index (χ4v) is 0.285. The van der Waals surface area contributed by atoms with Crippen molar-refractivity contribution >= 4 is 5.97 Å². The normalized spacial score (nSPS) is 12.4. The van der Waals surface area contributed by atoms with Crippen LogP contribution in [0.15, 0.2) is 0 Å². The van der Waals surface area contributed by atoms with E-state index in [2.05, 4.69) is 0 Å². The molecule has 1 atom stereocenters. The first kappa shape index (κ1) is 11.7. The Morgan fingerprint density at radius 1 is 1.56 bits per heavy atom. The minimum atomic E-state index is -0.931. The minimum absolute atomic E-state index is 0. The zero-order chi connectivity index (χ0) is 6.73. The summed E-state index contributed by atoms with van der Waals surface area (Å²) in [6.07, 6.45) is 0. The number of carboxylic acids is 1. The number of hydrogen-bond acceptors (Lipinski definition) is 2. The SMILES string of the molecule is CC(C)[C@H](N)C(=O)O.[Mn]. The predicted octanol–water partition coefficient (Wildman–Crippen LogP) is 0.0518. The second-order valence-electron chi connectivity index (χ2n) is 2.11. The molecular weight excluding hydrogens is 161 g/mol. The maximum Gasteiger partial charge on any atom is 0.320 e.